The summed E-state index contributed by atoms with van der Waals surface area (Å²) in [6.45, 7) is 8.16. The molecule has 2 rings (SSSR count). The van der Waals surface area contributed by atoms with E-state index in [2.05, 4.69) is 5.32 Å². The highest BCUT2D eigenvalue weighted by molar-refractivity contribution is 7.89. The van der Waals surface area contributed by atoms with Crippen LogP contribution in [0.5, 0.6) is 0 Å². The van der Waals surface area contributed by atoms with Crippen molar-refractivity contribution in [3.8, 4) is 0 Å². The minimum Gasteiger partial charge on any atom is -0.345 e. The number of rotatable bonds is 8. The van der Waals surface area contributed by atoms with Crippen molar-refractivity contribution in [2.75, 3.05) is 13.1 Å². The number of nitrogens with zero attached hydrogens (tertiary/aromatic N) is 1. The molecule has 0 aliphatic carbocycles. The third-order valence-electron chi connectivity index (χ3n) is 4.62. The van der Waals surface area contributed by atoms with Crippen LogP contribution in [0.2, 0.25) is 0 Å². The largest absolute Gasteiger partial charge is 0.345 e. The second-order valence-electron chi connectivity index (χ2n) is 6.86. The summed E-state index contributed by atoms with van der Waals surface area (Å²) in [6.07, 6.45) is 0. The van der Waals surface area contributed by atoms with Gasteiger partial charge in [-0.15, -0.1) is 0 Å². The number of hydrogen-bond donors (Lipinski definition) is 1. The molecule has 0 aliphatic heterocycles. The number of halogens is 1. The topological polar surface area (TPSA) is 66.5 Å². The van der Waals surface area contributed by atoms with Gasteiger partial charge in [0.05, 0.1) is 10.9 Å². The molecule has 0 saturated heterocycles. The molecule has 1 unspecified atom stereocenters. The fourth-order valence-corrected chi connectivity index (χ4v) is 4.54. The number of sulfonamides is 1. The van der Waals surface area contributed by atoms with Crippen LogP contribution >= 0.6 is 0 Å². The Morgan fingerprint density at radius 2 is 1.68 bits per heavy atom. The highest BCUT2D eigenvalue weighted by atomic mass is 32.2. The van der Waals surface area contributed by atoms with Crippen molar-refractivity contribution in [1.82, 2.24) is 9.62 Å². The summed E-state index contributed by atoms with van der Waals surface area (Å²) in [7, 11) is -3.65. The van der Waals surface area contributed by atoms with E-state index in [1.807, 2.05) is 13.8 Å². The molecule has 1 N–H and O–H groups in total. The summed E-state index contributed by atoms with van der Waals surface area (Å²) in [5.41, 5.74) is 1.05. The fourth-order valence-electron chi connectivity index (χ4n) is 3.04. The minimum atomic E-state index is -3.65. The van der Waals surface area contributed by atoms with Crippen molar-refractivity contribution in [2.45, 2.75) is 38.6 Å². The van der Waals surface area contributed by atoms with Crippen LogP contribution in [-0.2, 0) is 10.0 Å². The molecular weight excluding hydrogens is 379 g/mol. The Morgan fingerprint density at radius 3 is 2.21 bits per heavy atom. The number of benzene rings is 2. The third-order valence-corrected chi connectivity index (χ3v) is 6.67. The first-order valence-corrected chi connectivity index (χ1v) is 10.8. The highest BCUT2D eigenvalue weighted by Crippen LogP contribution is 2.23. The summed E-state index contributed by atoms with van der Waals surface area (Å²) in [5.74, 6) is -0.650. The Bertz CT molecular complexity index is 908. The van der Waals surface area contributed by atoms with Gasteiger partial charge in [-0.3, -0.25) is 4.79 Å². The van der Waals surface area contributed by atoms with Gasteiger partial charge in [0.1, 0.15) is 5.82 Å². The van der Waals surface area contributed by atoms with E-state index in [9.17, 15) is 17.6 Å². The van der Waals surface area contributed by atoms with Gasteiger partial charge in [-0.2, -0.15) is 4.31 Å². The van der Waals surface area contributed by atoms with E-state index in [1.165, 1.54) is 28.6 Å². The van der Waals surface area contributed by atoms with Crippen LogP contribution in [-0.4, -0.2) is 31.7 Å². The highest BCUT2D eigenvalue weighted by Gasteiger charge is 2.24. The second kappa shape index (κ2) is 9.30. The summed E-state index contributed by atoms with van der Waals surface area (Å²) in [4.78, 5) is 12.9. The standard InChI is InChI=1S/C21H27FN2O3S/c1-5-24(6-2)28(26,27)19-9-7-8-17(14-19)21(25)23-20(15(3)4)16-10-12-18(22)13-11-16/h7-15,20H,5-6H2,1-4H3,(H,23,25). The lowest BCUT2D eigenvalue weighted by atomic mass is 9.95. The van der Waals surface area contributed by atoms with Crippen LogP contribution in [0.3, 0.4) is 0 Å². The Hall–Kier alpha value is -2.25. The van der Waals surface area contributed by atoms with E-state index in [1.54, 1.807) is 38.1 Å². The van der Waals surface area contributed by atoms with Gasteiger partial charge in [-0.25, -0.2) is 12.8 Å². The minimum absolute atomic E-state index is 0.0667. The van der Waals surface area contributed by atoms with Gasteiger partial charge in [-0.05, 0) is 41.8 Å². The molecule has 0 spiro atoms. The first kappa shape index (κ1) is 22.0. The first-order chi connectivity index (χ1) is 13.2. The van der Waals surface area contributed by atoms with Crippen LogP contribution in [0.15, 0.2) is 53.4 Å². The Kier molecular flexibility index (Phi) is 7.32. The predicted molar refractivity (Wildman–Crippen MR) is 108 cm³/mol. The van der Waals surface area contributed by atoms with Gasteiger partial charge in [0.2, 0.25) is 10.0 Å². The number of carbonyl (C=O) groups is 1. The molecule has 7 heteroatoms. The maximum absolute atomic E-state index is 13.2. The number of carbonyl (C=O) groups excluding carboxylic acids is 1. The van der Waals surface area contributed by atoms with Gasteiger partial charge in [0.25, 0.3) is 5.91 Å². The summed E-state index contributed by atoms with van der Waals surface area (Å²) >= 11 is 0. The summed E-state index contributed by atoms with van der Waals surface area (Å²) in [6, 6.07) is 11.7. The van der Waals surface area contributed by atoms with E-state index < -0.39 is 10.0 Å². The van der Waals surface area contributed by atoms with Crippen molar-refractivity contribution in [1.29, 1.82) is 0 Å². The zero-order valence-corrected chi connectivity index (χ0v) is 17.5. The number of hydrogen-bond acceptors (Lipinski definition) is 3. The SMILES string of the molecule is CCN(CC)S(=O)(=O)c1cccc(C(=O)NC(c2ccc(F)cc2)C(C)C)c1. The first-order valence-electron chi connectivity index (χ1n) is 9.37. The zero-order valence-electron chi connectivity index (χ0n) is 16.6. The van der Waals surface area contributed by atoms with Crippen molar-refractivity contribution in [3.05, 3.63) is 65.5 Å². The van der Waals surface area contributed by atoms with E-state index in [0.717, 1.165) is 5.56 Å². The smallest absolute Gasteiger partial charge is 0.251 e. The van der Waals surface area contributed by atoms with Crippen LogP contribution < -0.4 is 5.32 Å². The molecule has 0 bridgehead atoms. The molecule has 1 atom stereocenters. The van der Waals surface area contributed by atoms with Crippen LogP contribution in [0.1, 0.15) is 49.7 Å². The molecule has 152 valence electrons. The van der Waals surface area contributed by atoms with Crippen molar-refractivity contribution in [3.63, 3.8) is 0 Å². The lowest BCUT2D eigenvalue weighted by Crippen LogP contribution is -2.33. The molecule has 0 fully saturated rings. The molecule has 5 nitrogen and oxygen atoms in total. The molecule has 1 amide bonds. The molecule has 0 aliphatic rings. The normalized spacial score (nSPS) is 13.0. The van der Waals surface area contributed by atoms with Crippen molar-refractivity contribution < 1.29 is 17.6 Å². The Morgan fingerprint density at radius 1 is 1.07 bits per heavy atom. The zero-order chi connectivity index (χ0) is 20.9. The predicted octanol–water partition coefficient (Wildman–Crippen LogP) is 3.98. The van der Waals surface area contributed by atoms with Crippen LogP contribution in [0.25, 0.3) is 0 Å². The molecule has 0 saturated carbocycles. The third kappa shape index (κ3) is 4.97. The Labute approximate surface area is 166 Å². The monoisotopic (exact) mass is 406 g/mol. The average molecular weight is 407 g/mol. The molecule has 2 aromatic carbocycles. The van der Waals surface area contributed by atoms with Crippen molar-refractivity contribution >= 4 is 15.9 Å². The molecule has 2 aromatic rings. The quantitative estimate of drug-likeness (QED) is 0.721. The van der Waals surface area contributed by atoms with Gasteiger partial charge >= 0.3 is 0 Å². The van der Waals surface area contributed by atoms with E-state index >= 15 is 0 Å². The molecule has 0 heterocycles. The second-order valence-corrected chi connectivity index (χ2v) is 8.80. The molecule has 28 heavy (non-hydrogen) atoms. The lowest BCUT2D eigenvalue weighted by molar-refractivity contribution is 0.0925. The molecular formula is C21H27FN2O3S. The fraction of sp³-hybridized carbons (Fsp3) is 0.381. The van der Waals surface area contributed by atoms with Crippen molar-refractivity contribution in [2.24, 2.45) is 5.92 Å². The number of amides is 1. The Balaban J connectivity index is 2.30. The van der Waals surface area contributed by atoms with E-state index in [4.69, 9.17) is 0 Å². The van der Waals surface area contributed by atoms with Gasteiger partial charge in [0.15, 0.2) is 0 Å². The molecule has 0 aromatic heterocycles. The molecule has 0 radical (unpaired) electrons. The number of nitrogens with one attached hydrogen (secondary N) is 1. The maximum Gasteiger partial charge on any atom is 0.251 e. The van der Waals surface area contributed by atoms with Gasteiger partial charge in [-0.1, -0.05) is 45.9 Å². The van der Waals surface area contributed by atoms with Crippen LogP contribution in [0.4, 0.5) is 4.39 Å². The average Bonchev–Trinajstić information content (AvgIpc) is 2.67. The summed E-state index contributed by atoms with van der Waals surface area (Å²) in [5, 5.41) is 2.93. The van der Waals surface area contributed by atoms with Crippen LogP contribution in [0, 0.1) is 11.7 Å². The van der Waals surface area contributed by atoms with E-state index in [-0.39, 0.29) is 34.1 Å². The van der Waals surface area contributed by atoms with E-state index in [0.29, 0.717) is 13.1 Å². The van der Waals surface area contributed by atoms with Gasteiger partial charge < -0.3 is 5.32 Å². The summed E-state index contributed by atoms with van der Waals surface area (Å²) < 4.78 is 40.0. The lowest BCUT2D eigenvalue weighted by Gasteiger charge is -2.23. The van der Waals surface area contributed by atoms with Gasteiger partial charge in [0, 0.05) is 18.7 Å². The maximum atomic E-state index is 13.2.